The van der Waals surface area contributed by atoms with E-state index in [-0.39, 0.29) is 11.8 Å². The quantitative estimate of drug-likeness (QED) is 0.894. The third-order valence-electron chi connectivity index (χ3n) is 3.49. The van der Waals surface area contributed by atoms with Gasteiger partial charge in [0.2, 0.25) is 5.91 Å². The summed E-state index contributed by atoms with van der Waals surface area (Å²) in [5, 5.41) is 7.09. The number of aryl methyl sites for hydroxylation is 1. The molecule has 19 heavy (non-hydrogen) atoms. The van der Waals surface area contributed by atoms with E-state index in [2.05, 4.69) is 10.4 Å². The molecule has 2 aromatic rings. The van der Waals surface area contributed by atoms with Gasteiger partial charge in [-0.05, 0) is 17.7 Å². The molecule has 1 aromatic heterocycles. The zero-order valence-corrected chi connectivity index (χ0v) is 10.9. The Morgan fingerprint density at radius 2 is 2.32 bits per heavy atom. The second-order valence-electron chi connectivity index (χ2n) is 4.65. The monoisotopic (exact) mass is 257 g/mol. The fourth-order valence-electron chi connectivity index (χ4n) is 2.50. The van der Waals surface area contributed by atoms with Gasteiger partial charge in [-0.2, -0.15) is 5.10 Å². The summed E-state index contributed by atoms with van der Waals surface area (Å²) in [7, 11) is 3.47. The first-order valence-electron chi connectivity index (χ1n) is 6.14. The SMILES string of the molecule is COc1cccc(C2CC(=O)Nc3c2cnn3C)c1. The lowest BCUT2D eigenvalue weighted by Crippen LogP contribution is -2.24. The van der Waals surface area contributed by atoms with Crippen LogP contribution in [0.25, 0.3) is 0 Å². The molecule has 1 atom stereocenters. The van der Waals surface area contributed by atoms with Crippen LogP contribution < -0.4 is 10.1 Å². The number of hydrogen-bond donors (Lipinski definition) is 1. The maximum Gasteiger partial charge on any atom is 0.226 e. The van der Waals surface area contributed by atoms with Crippen LogP contribution >= 0.6 is 0 Å². The average molecular weight is 257 g/mol. The predicted octanol–water partition coefficient (Wildman–Crippen LogP) is 1.90. The number of rotatable bonds is 2. The van der Waals surface area contributed by atoms with Crippen LogP contribution in [0.5, 0.6) is 5.75 Å². The van der Waals surface area contributed by atoms with Crippen LogP contribution in [0.1, 0.15) is 23.5 Å². The molecule has 1 amide bonds. The van der Waals surface area contributed by atoms with Crippen molar-refractivity contribution in [2.75, 3.05) is 12.4 Å². The normalized spacial score (nSPS) is 17.8. The summed E-state index contributed by atoms with van der Waals surface area (Å²) in [5.41, 5.74) is 2.12. The van der Waals surface area contributed by atoms with Gasteiger partial charge < -0.3 is 10.1 Å². The number of carbonyl (C=O) groups excluding carboxylic acids is 1. The van der Waals surface area contributed by atoms with Gasteiger partial charge in [-0.1, -0.05) is 12.1 Å². The average Bonchev–Trinajstić information content (AvgIpc) is 2.80. The van der Waals surface area contributed by atoms with Crippen LogP contribution in [0.3, 0.4) is 0 Å². The van der Waals surface area contributed by atoms with E-state index in [1.165, 1.54) is 0 Å². The number of nitrogens with zero attached hydrogens (tertiary/aromatic N) is 2. The van der Waals surface area contributed by atoms with Crippen molar-refractivity contribution in [1.29, 1.82) is 0 Å². The predicted molar refractivity (Wildman–Crippen MR) is 71.3 cm³/mol. The molecule has 5 nitrogen and oxygen atoms in total. The van der Waals surface area contributed by atoms with E-state index >= 15 is 0 Å². The first-order chi connectivity index (χ1) is 9.19. The zero-order chi connectivity index (χ0) is 13.4. The van der Waals surface area contributed by atoms with Gasteiger partial charge in [0, 0.05) is 24.9 Å². The maximum atomic E-state index is 11.8. The summed E-state index contributed by atoms with van der Waals surface area (Å²) in [4.78, 5) is 11.8. The van der Waals surface area contributed by atoms with Crippen molar-refractivity contribution < 1.29 is 9.53 Å². The lowest BCUT2D eigenvalue weighted by atomic mass is 9.87. The first kappa shape index (κ1) is 11.8. The van der Waals surface area contributed by atoms with E-state index in [0.29, 0.717) is 6.42 Å². The topological polar surface area (TPSA) is 56.1 Å². The summed E-state index contributed by atoms with van der Waals surface area (Å²) >= 11 is 0. The molecule has 3 rings (SSSR count). The van der Waals surface area contributed by atoms with Gasteiger partial charge in [-0.3, -0.25) is 9.48 Å². The van der Waals surface area contributed by atoms with Crippen LogP contribution in [-0.2, 0) is 11.8 Å². The Kier molecular flexibility index (Phi) is 2.74. The third-order valence-corrected chi connectivity index (χ3v) is 3.49. The molecule has 0 bridgehead atoms. The third kappa shape index (κ3) is 1.97. The largest absolute Gasteiger partial charge is 0.497 e. The minimum Gasteiger partial charge on any atom is -0.497 e. The number of aromatic nitrogens is 2. The minimum absolute atomic E-state index is 0.0175. The maximum absolute atomic E-state index is 11.8. The Hall–Kier alpha value is -2.30. The molecule has 1 aliphatic heterocycles. The number of ether oxygens (including phenoxy) is 1. The van der Waals surface area contributed by atoms with E-state index in [9.17, 15) is 4.79 Å². The molecule has 0 spiro atoms. The Morgan fingerprint density at radius 3 is 3.11 bits per heavy atom. The Bertz CT molecular complexity index is 633. The molecular weight excluding hydrogens is 242 g/mol. The molecule has 1 unspecified atom stereocenters. The van der Waals surface area contributed by atoms with Gasteiger partial charge in [0.25, 0.3) is 0 Å². The summed E-state index contributed by atoms with van der Waals surface area (Å²) in [6.45, 7) is 0. The van der Waals surface area contributed by atoms with E-state index < -0.39 is 0 Å². The number of hydrogen-bond acceptors (Lipinski definition) is 3. The van der Waals surface area contributed by atoms with Crippen LogP contribution in [0.4, 0.5) is 5.82 Å². The van der Waals surface area contributed by atoms with Crippen LogP contribution in [0.15, 0.2) is 30.5 Å². The van der Waals surface area contributed by atoms with Gasteiger partial charge >= 0.3 is 0 Å². The first-order valence-corrected chi connectivity index (χ1v) is 6.14. The molecule has 1 N–H and O–H groups in total. The van der Waals surface area contributed by atoms with Crippen molar-refractivity contribution >= 4 is 11.7 Å². The van der Waals surface area contributed by atoms with E-state index in [1.807, 2.05) is 37.5 Å². The highest BCUT2D eigenvalue weighted by molar-refractivity contribution is 5.94. The van der Waals surface area contributed by atoms with Gasteiger partial charge in [0.05, 0.1) is 13.3 Å². The molecule has 0 radical (unpaired) electrons. The number of carbonyl (C=O) groups is 1. The molecule has 1 aromatic carbocycles. The van der Waals surface area contributed by atoms with Crippen molar-refractivity contribution in [1.82, 2.24) is 9.78 Å². The number of benzene rings is 1. The molecule has 0 aliphatic carbocycles. The Labute approximate surface area is 111 Å². The highest BCUT2D eigenvalue weighted by Gasteiger charge is 2.29. The number of amides is 1. The highest BCUT2D eigenvalue weighted by atomic mass is 16.5. The van der Waals surface area contributed by atoms with Crippen molar-refractivity contribution in [2.24, 2.45) is 7.05 Å². The molecule has 2 heterocycles. The molecule has 0 saturated carbocycles. The Morgan fingerprint density at radius 1 is 1.47 bits per heavy atom. The van der Waals surface area contributed by atoms with Crippen molar-refractivity contribution in [3.8, 4) is 5.75 Å². The molecule has 98 valence electrons. The summed E-state index contributed by atoms with van der Waals surface area (Å²) in [5.74, 6) is 1.63. The van der Waals surface area contributed by atoms with Gasteiger partial charge in [-0.15, -0.1) is 0 Å². The van der Waals surface area contributed by atoms with E-state index in [4.69, 9.17) is 4.74 Å². The Balaban J connectivity index is 2.07. The summed E-state index contributed by atoms with van der Waals surface area (Å²) < 4.78 is 6.94. The molecule has 1 aliphatic rings. The minimum atomic E-state index is 0.0175. The number of nitrogens with one attached hydrogen (secondary N) is 1. The van der Waals surface area contributed by atoms with Crippen molar-refractivity contribution in [2.45, 2.75) is 12.3 Å². The number of fused-ring (bicyclic) bond motifs is 1. The fourth-order valence-corrected chi connectivity index (χ4v) is 2.50. The zero-order valence-electron chi connectivity index (χ0n) is 10.9. The van der Waals surface area contributed by atoms with Gasteiger partial charge in [0.15, 0.2) is 0 Å². The van der Waals surface area contributed by atoms with Crippen molar-refractivity contribution in [3.63, 3.8) is 0 Å². The lowest BCUT2D eigenvalue weighted by molar-refractivity contribution is -0.116. The second kappa shape index (κ2) is 4.42. The summed E-state index contributed by atoms with van der Waals surface area (Å²) in [6.07, 6.45) is 2.25. The van der Waals surface area contributed by atoms with Crippen LogP contribution in [0, 0.1) is 0 Å². The van der Waals surface area contributed by atoms with Gasteiger partial charge in [0.1, 0.15) is 11.6 Å². The van der Waals surface area contributed by atoms with Crippen LogP contribution in [-0.4, -0.2) is 22.8 Å². The van der Waals surface area contributed by atoms with Crippen molar-refractivity contribution in [3.05, 3.63) is 41.6 Å². The van der Waals surface area contributed by atoms with Crippen LogP contribution in [0.2, 0.25) is 0 Å². The fraction of sp³-hybridized carbons (Fsp3) is 0.286. The smallest absolute Gasteiger partial charge is 0.226 e. The second-order valence-corrected chi connectivity index (χ2v) is 4.65. The summed E-state index contributed by atoms with van der Waals surface area (Å²) in [6, 6.07) is 7.83. The molecular formula is C14H15N3O2. The lowest BCUT2D eigenvalue weighted by Gasteiger charge is -2.23. The standard InChI is InChI=1S/C14H15N3O2/c1-17-14-12(8-15-17)11(7-13(18)16-14)9-4-3-5-10(6-9)19-2/h3-6,8,11H,7H2,1-2H3,(H,16,18). The molecule has 0 fully saturated rings. The number of anilines is 1. The molecule has 0 saturated heterocycles. The molecule has 5 heteroatoms. The highest BCUT2D eigenvalue weighted by Crippen LogP contribution is 2.37. The number of methoxy groups -OCH3 is 1. The van der Waals surface area contributed by atoms with E-state index in [0.717, 1.165) is 22.7 Å². The van der Waals surface area contributed by atoms with Gasteiger partial charge in [-0.25, -0.2) is 0 Å². The van der Waals surface area contributed by atoms with E-state index in [1.54, 1.807) is 11.8 Å².